The summed E-state index contributed by atoms with van der Waals surface area (Å²) in [5, 5.41) is 0. The van der Waals surface area contributed by atoms with Crippen molar-refractivity contribution >= 4 is 5.91 Å². The maximum atomic E-state index is 13.5. The number of ether oxygens (including phenoxy) is 1. The highest BCUT2D eigenvalue weighted by Crippen LogP contribution is 2.37. The second-order valence-corrected chi connectivity index (χ2v) is 8.38. The van der Waals surface area contributed by atoms with Crippen LogP contribution in [0.15, 0.2) is 54.6 Å². The predicted molar refractivity (Wildman–Crippen MR) is 111 cm³/mol. The zero-order valence-electron chi connectivity index (χ0n) is 17.0. The van der Waals surface area contributed by atoms with E-state index in [1.165, 1.54) is 17.7 Å². The van der Waals surface area contributed by atoms with Gasteiger partial charge >= 0.3 is 0 Å². The van der Waals surface area contributed by atoms with Crippen LogP contribution in [0.1, 0.15) is 41.6 Å². The minimum Gasteiger partial charge on any atom is -0.375 e. The van der Waals surface area contributed by atoms with Crippen LogP contribution in [0.4, 0.5) is 4.39 Å². The quantitative estimate of drug-likeness (QED) is 0.780. The molecule has 2 aromatic rings. The Labute approximate surface area is 172 Å². The Hall–Kier alpha value is -2.24. The average Bonchev–Trinajstić information content (AvgIpc) is 2.75. The Kier molecular flexibility index (Phi) is 5.97. The standard InChI is InChI=1S/C24H29FN2O2/c1-26(18-19-6-3-2-4-7-19)22-10-15-29-24(17-22)11-13-27(14-12-24)23(28)20-8-5-9-21(25)16-20/h2-9,16,22H,10-15,17-18H2,1H3. The molecule has 1 spiro atoms. The van der Waals surface area contributed by atoms with E-state index in [0.717, 1.165) is 38.8 Å². The number of rotatable bonds is 4. The van der Waals surface area contributed by atoms with Gasteiger partial charge in [-0.25, -0.2) is 4.39 Å². The van der Waals surface area contributed by atoms with Crippen molar-refractivity contribution < 1.29 is 13.9 Å². The zero-order chi connectivity index (χ0) is 20.3. The van der Waals surface area contributed by atoms with Crippen molar-refractivity contribution in [1.82, 2.24) is 9.80 Å². The third-order valence-electron chi connectivity index (χ3n) is 6.40. The summed E-state index contributed by atoms with van der Waals surface area (Å²) in [7, 11) is 2.19. The lowest BCUT2D eigenvalue weighted by atomic mass is 9.81. The second kappa shape index (κ2) is 8.64. The molecule has 2 heterocycles. The van der Waals surface area contributed by atoms with Gasteiger partial charge in [0.2, 0.25) is 0 Å². The predicted octanol–water partition coefficient (Wildman–Crippen LogP) is 4.11. The SMILES string of the molecule is CN(Cc1ccccc1)C1CCOC2(CCN(C(=O)c3cccc(F)c3)CC2)C1. The first kappa shape index (κ1) is 20.0. The van der Waals surface area contributed by atoms with Crippen LogP contribution in [-0.4, -0.2) is 54.1 Å². The zero-order valence-corrected chi connectivity index (χ0v) is 17.0. The number of piperidine rings is 1. The number of carbonyl (C=O) groups is 1. The Morgan fingerprint density at radius 3 is 2.66 bits per heavy atom. The molecule has 2 saturated heterocycles. The molecule has 2 aromatic carbocycles. The monoisotopic (exact) mass is 396 g/mol. The molecule has 29 heavy (non-hydrogen) atoms. The highest BCUT2D eigenvalue weighted by atomic mass is 19.1. The lowest BCUT2D eigenvalue weighted by Crippen LogP contribution is -2.54. The van der Waals surface area contributed by atoms with Crippen molar-refractivity contribution in [3.8, 4) is 0 Å². The van der Waals surface area contributed by atoms with E-state index in [1.807, 2.05) is 11.0 Å². The third kappa shape index (κ3) is 4.68. The van der Waals surface area contributed by atoms with Gasteiger partial charge < -0.3 is 9.64 Å². The highest BCUT2D eigenvalue weighted by Gasteiger charge is 2.42. The van der Waals surface area contributed by atoms with Crippen LogP contribution in [0.25, 0.3) is 0 Å². The molecule has 0 radical (unpaired) electrons. The second-order valence-electron chi connectivity index (χ2n) is 8.38. The van der Waals surface area contributed by atoms with E-state index >= 15 is 0 Å². The number of halogens is 1. The lowest BCUT2D eigenvalue weighted by Gasteiger charge is -2.48. The smallest absolute Gasteiger partial charge is 0.253 e. The van der Waals surface area contributed by atoms with Crippen LogP contribution in [0.3, 0.4) is 0 Å². The first-order valence-electron chi connectivity index (χ1n) is 10.5. The molecule has 4 nitrogen and oxygen atoms in total. The van der Waals surface area contributed by atoms with Gasteiger partial charge in [0.05, 0.1) is 5.60 Å². The number of hydrogen-bond donors (Lipinski definition) is 0. The van der Waals surface area contributed by atoms with E-state index in [2.05, 4.69) is 36.2 Å². The van der Waals surface area contributed by atoms with Crippen LogP contribution >= 0.6 is 0 Å². The Balaban J connectivity index is 1.35. The number of nitrogens with zero attached hydrogens (tertiary/aromatic N) is 2. The molecule has 0 N–H and O–H groups in total. The van der Waals surface area contributed by atoms with Crippen LogP contribution in [0.2, 0.25) is 0 Å². The molecule has 1 unspecified atom stereocenters. The number of amides is 1. The lowest BCUT2D eigenvalue weighted by molar-refractivity contribution is -0.128. The summed E-state index contributed by atoms with van der Waals surface area (Å²) in [6.45, 7) is 3.02. The van der Waals surface area contributed by atoms with Crippen LogP contribution in [0.5, 0.6) is 0 Å². The fourth-order valence-electron chi connectivity index (χ4n) is 4.65. The molecule has 0 bridgehead atoms. The maximum Gasteiger partial charge on any atom is 0.253 e. The van der Waals surface area contributed by atoms with E-state index in [9.17, 15) is 9.18 Å². The Morgan fingerprint density at radius 1 is 1.17 bits per heavy atom. The van der Waals surface area contributed by atoms with Gasteiger partial charge in [-0.3, -0.25) is 9.69 Å². The van der Waals surface area contributed by atoms with E-state index in [1.54, 1.807) is 12.1 Å². The Bertz CT molecular complexity index is 834. The van der Waals surface area contributed by atoms with Gasteiger partial charge in [0, 0.05) is 37.8 Å². The summed E-state index contributed by atoms with van der Waals surface area (Å²) in [5.41, 5.74) is 1.60. The maximum absolute atomic E-state index is 13.5. The Morgan fingerprint density at radius 2 is 1.93 bits per heavy atom. The van der Waals surface area contributed by atoms with Gasteiger partial charge in [-0.2, -0.15) is 0 Å². The van der Waals surface area contributed by atoms with Gasteiger partial charge in [0.1, 0.15) is 5.82 Å². The molecule has 1 amide bonds. The molecule has 2 fully saturated rings. The molecule has 4 rings (SSSR count). The van der Waals surface area contributed by atoms with Gasteiger partial charge in [0.15, 0.2) is 0 Å². The molecule has 154 valence electrons. The molecule has 0 saturated carbocycles. The number of carbonyl (C=O) groups excluding carboxylic acids is 1. The molecule has 5 heteroatoms. The summed E-state index contributed by atoms with van der Waals surface area (Å²) in [6, 6.07) is 17.0. The molecule has 1 atom stereocenters. The first-order valence-corrected chi connectivity index (χ1v) is 10.5. The fourth-order valence-corrected chi connectivity index (χ4v) is 4.65. The van der Waals surface area contributed by atoms with E-state index in [0.29, 0.717) is 24.7 Å². The summed E-state index contributed by atoms with van der Waals surface area (Å²) >= 11 is 0. The number of benzene rings is 2. The largest absolute Gasteiger partial charge is 0.375 e. The summed E-state index contributed by atoms with van der Waals surface area (Å²) in [5.74, 6) is -0.461. The van der Waals surface area contributed by atoms with E-state index in [-0.39, 0.29) is 17.3 Å². The van der Waals surface area contributed by atoms with Crippen molar-refractivity contribution in [3.05, 3.63) is 71.5 Å². The van der Waals surface area contributed by atoms with Gasteiger partial charge in [-0.05, 0) is 56.5 Å². The van der Waals surface area contributed by atoms with Gasteiger partial charge in [-0.15, -0.1) is 0 Å². The fraction of sp³-hybridized carbons (Fsp3) is 0.458. The number of hydrogen-bond acceptors (Lipinski definition) is 3. The van der Waals surface area contributed by atoms with Crippen molar-refractivity contribution in [2.45, 2.75) is 43.9 Å². The van der Waals surface area contributed by atoms with Gasteiger partial charge in [0.25, 0.3) is 5.91 Å². The van der Waals surface area contributed by atoms with Crippen LogP contribution in [0, 0.1) is 5.82 Å². The molecule has 2 aliphatic rings. The normalized spacial score (nSPS) is 21.5. The van der Waals surface area contributed by atoms with Crippen LogP contribution in [-0.2, 0) is 11.3 Å². The molecule has 0 aromatic heterocycles. The average molecular weight is 397 g/mol. The van der Waals surface area contributed by atoms with Crippen molar-refractivity contribution in [1.29, 1.82) is 0 Å². The molecular formula is C24H29FN2O2. The first-order chi connectivity index (χ1) is 14.0. The van der Waals surface area contributed by atoms with Crippen LogP contribution < -0.4 is 0 Å². The summed E-state index contributed by atoms with van der Waals surface area (Å²) < 4.78 is 19.7. The van der Waals surface area contributed by atoms with Crippen molar-refractivity contribution in [3.63, 3.8) is 0 Å². The summed E-state index contributed by atoms with van der Waals surface area (Å²) in [6.07, 6.45) is 3.71. The highest BCUT2D eigenvalue weighted by molar-refractivity contribution is 5.94. The molecule has 0 aliphatic carbocycles. The minimum atomic E-state index is -0.371. The third-order valence-corrected chi connectivity index (χ3v) is 6.40. The number of likely N-dealkylation sites (tertiary alicyclic amines) is 1. The van der Waals surface area contributed by atoms with Crippen molar-refractivity contribution in [2.75, 3.05) is 26.7 Å². The molecular weight excluding hydrogens is 367 g/mol. The minimum absolute atomic E-state index is 0.0899. The summed E-state index contributed by atoms with van der Waals surface area (Å²) in [4.78, 5) is 17.0. The van der Waals surface area contributed by atoms with Crippen molar-refractivity contribution in [2.24, 2.45) is 0 Å². The molecule has 2 aliphatic heterocycles. The van der Waals surface area contributed by atoms with Gasteiger partial charge in [-0.1, -0.05) is 36.4 Å². The van der Waals surface area contributed by atoms with E-state index in [4.69, 9.17) is 4.74 Å². The van der Waals surface area contributed by atoms with E-state index < -0.39 is 0 Å². The topological polar surface area (TPSA) is 32.8 Å².